The molecule has 0 amide bonds. The lowest BCUT2D eigenvalue weighted by Gasteiger charge is -2.18. The van der Waals surface area contributed by atoms with Crippen LogP contribution < -0.4 is 10.6 Å². The molecule has 2 N–H and O–H groups in total. The van der Waals surface area contributed by atoms with Gasteiger partial charge in [-0.15, -0.1) is 10.2 Å². The van der Waals surface area contributed by atoms with Crippen LogP contribution in [0.1, 0.15) is 77.9 Å². The van der Waals surface area contributed by atoms with Gasteiger partial charge in [0.25, 0.3) is 0 Å². The van der Waals surface area contributed by atoms with E-state index in [1.165, 1.54) is 38.5 Å². The molecule has 2 heterocycles. The number of nitrogens with one attached hydrogen (secondary N) is 2. The van der Waals surface area contributed by atoms with E-state index in [-0.39, 0.29) is 0 Å². The molecule has 148 valence electrons. The number of guanidine groups is 1. The first-order chi connectivity index (χ1) is 12.6. The Labute approximate surface area is 159 Å². The van der Waals surface area contributed by atoms with Gasteiger partial charge in [0, 0.05) is 38.5 Å². The molecular formula is C20H38N6. The summed E-state index contributed by atoms with van der Waals surface area (Å²) in [5.41, 5.74) is 0. The lowest BCUT2D eigenvalue weighted by molar-refractivity contribution is 0.491. The highest BCUT2D eigenvalue weighted by Gasteiger charge is 2.14. The number of aryl methyl sites for hydroxylation is 1. The highest BCUT2D eigenvalue weighted by atomic mass is 15.3. The van der Waals surface area contributed by atoms with Crippen molar-refractivity contribution < 1.29 is 0 Å². The van der Waals surface area contributed by atoms with E-state index in [9.17, 15) is 0 Å². The maximum Gasteiger partial charge on any atom is 0.191 e. The van der Waals surface area contributed by atoms with Crippen LogP contribution >= 0.6 is 0 Å². The molecule has 0 spiro atoms. The largest absolute Gasteiger partial charge is 0.357 e. The maximum atomic E-state index is 4.76. The van der Waals surface area contributed by atoms with Gasteiger partial charge in [-0.1, -0.05) is 33.1 Å². The van der Waals surface area contributed by atoms with Crippen molar-refractivity contribution in [2.75, 3.05) is 13.1 Å². The molecule has 0 saturated heterocycles. The summed E-state index contributed by atoms with van der Waals surface area (Å²) in [7, 11) is 0. The lowest BCUT2D eigenvalue weighted by Crippen LogP contribution is -2.42. The van der Waals surface area contributed by atoms with E-state index < -0.39 is 0 Å². The molecule has 0 radical (unpaired) electrons. The fourth-order valence-corrected chi connectivity index (χ4v) is 3.46. The molecule has 0 bridgehead atoms. The van der Waals surface area contributed by atoms with Crippen LogP contribution in [0.25, 0.3) is 0 Å². The van der Waals surface area contributed by atoms with E-state index >= 15 is 0 Å². The fraction of sp³-hybridized carbons (Fsp3) is 0.850. The third-order valence-corrected chi connectivity index (χ3v) is 4.94. The lowest BCUT2D eigenvalue weighted by atomic mass is 10.0. The van der Waals surface area contributed by atoms with Gasteiger partial charge in [-0.05, 0) is 39.0 Å². The molecule has 0 saturated carbocycles. The average molecular weight is 363 g/mol. The van der Waals surface area contributed by atoms with E-state index in [2.05, 4.69) is 53.1 Å². The average Bonchev–Trinajstić information content (AvgIpc) is 2.82. The van der Waals surface area contributed by atoms with Gasteiger partial charge in [0.05, 0.1) is 0 Å². The summed E-state index contributed by atoms with van der Waals surface area (Å²) < 4.78 is 2.32. The van der Waals surface area contributed by atoms with E-state index in [4.69, 9.17) is 4.99 Å². The van der Waals surface area contributed by atoms with Gasteiger partial charge in [0.15, 0.2) is 5.96 Å². The Balaban J connectivity index is 1.84. The van der Waals surface area contributed by atoms with Crippen LogP contribution in [0.3, 0.4) is 0 Å². The summed E-state index contributed by atoms with van der Waals surface area (Å²) in [5, 5.41) is 15.7. The zero-order valence-corrected chi connectivity index (χ0v) is 17.2. The molecule has 0 aliphatic carbocycles. The molecule has 1 aromatic heterocycles. The first-order valence-electron chi connectivity index (χ1n) is 10.6. The first kappa shape index (κ1) is 20.7. The molecule has 1 aliphatic heterocycles. The maximum absolute atomic E-state index is 4.76. The van der Waals surface area contributed by atoms with Gasteiger partial charge in [-0.2, -0.15) is 0 Å². The fourth-order valence-electron chi connectivity index (χ4n) is 3.46. The second kappa shape index (κ2) is 11.2. The monoisotopic (exact) mass is 362 g/mol. The van der Waals surface area contributed by atoms with Crippen LogP contribution in [0.5, 0.6) is 0 Å². The Bertz CT molecular complexity index is 548. The summed E-state index contributed by atoms with van der Waals surface area (Å²) in [5.74, 6) is 3.94. The van der Waals surface area contributed by atoms with Crippen molar-refractivity contribution in [2.24, 2.45) is 10.9 Å². The number of aliphatic imine (C=N–C) groups is 1. The minimum absolute atomic E-state index is 0.441. The van der Waals surface area contributed by atoms with Crippen molar-refractivity contribution >= 4 is 5.96 Å². The van der Waals surface area contributed by atoms with E-state index in [0.29, 0.717) is 6.04 Å². The number of fused-ring (bicyclic) bond motifs is 1. The third kappa shape index (κ3) is 6.96. The van der Waals surface area contributed by atoms with Crippen LogP contribution in [-0.2, 0) is 19.4 Å². The normalized spacial score (nSPS) is 16.3. The number of rotatable bonds is 9. The Hall–Kier alpha value is -1.59. The van der Waals surface area contributed by atoms with Gasteiger partial charge in [0.2, 0.25) is 0 Å². The molecular weight excluding hydrogens is 324 g/mol. The molecule has 2 rings (SSSR count). The van der Waals surface area contributed by atoms with Crippen LogP contribution in [-0.4, -0.2) is 39.9 Å². The minimum atomic E-state index is 0.441. The Morgan fingerprint density at radius 2 is 2.00 bits per heavy atom. The highest BCUT2D eigenvalue weighted by molar-refractivity contribution is 5.80. The molecule has 1 atom stereocenters. The van der Waals surface area contributed by atoms with Crippen LogP contribution in [0.15, 0.2) is 4.99 Å². The number of hydrogen-bond donors (Lipinski definition) is 2. The minimum Gasteiger partial charge on any atom is -0.357 e. The summed E-state index contributed by atoms with van der Waals surface area (Å²) in [6.45, 7) is 11.6. The molecule has 1 unspecified atom stereocenters. The quantitative estimate of drug-likeness (QED) is 0.522. The van der Waals surface area contributed by atoms with Gasteiger partial charge in [-0.3, -0.25) is 4.99 Å². The summed E-state index contributed by atoms with van der Waals surface area (Å²) in [6, 6.07) is 0.441. The Morgan fingerprint density at radius 1 is 1.15 bits per heavy atom. The predicted molar refractivity (Wildman–Crippen MR) is 109 cm³/mol. The van der Waals surface area contributed by atoms with Crippen molar-refractivity contribution in [1.29, 1.82) is 0 Å². The molecule has 26 heavy (non-hydrogen) atoms. The van der Waals surface area contributed by atoms with Crippen molar-refractivity contribution in [3.05, 3.63) is 11.6 Å². The molecule has 6 nitrogen and oxygen atoms in total. The number of nitrogens with zero attached hydrogens (tertiary/aromatic N) is 4. The molecule has 1 aliphatic rings. The van der Waals surface area contributed by atoms with Gasteiger partial charge < -0.3 is 15.2 Å². The van der Waals surface area contributed by atoms with E-state index in [1.54, 1.807) is 0 Å². The number of hydrogen-bond acceptors (Lipinski definition) is 3. The van der Waals surface area contributed by atoms with Gasteiger partial charge >= 0.3 is 0 Å². The summed E-state index contributed by atoms with van der Waals surface area (Å²) in [6.07, 6.45) is 9.41. The second-order valence-electron chi connectivity index (χ2n) is 7.88. The smallest absolute Gasteiger partial charge is 0.191 e. The van der Waals surface area contributed by atoms with Gasteiger partial charge in [0.1, 0.15) is 11.6 Å². The third-order valence-electron chi connectivity index (χ3n) is 4.94. The molecule has 0 aromatic carbocycles. The first-order valence-corrected chi connectivity index (χ1v) is 10.6. The van der Waals surface area contributed by atoms with E-state index in [0.717, 1.165) is 56.0 Å². The van der Waals surface area contributed by atoms with Crippen LogP contribution in [0.2, 0.25) is 0 Å². The summed E-state index contributed by atoms with van der Waals surface area (Å²) >= 11 is 0. The second-order valence-corrected chi connectivity index (χ2v) is 7.88. The van der Waals surface area contributed by atoms with Crippen LogP contribution in [0, 0.1) is 5.92 Å². The van der Waals surface area contributed by atoms with Crippen molar-refractivity contribution in [3.8, 4) is 0 Å². The molecule has 0 fully saturated rings. The zero-order valence-electron chi connectivity index (χ0n) is 17.2. The van der Waals surface area contributed by atoms with Crippen molar-refractivity contribution in [3.63, 3.8) is 0 Å². The van der Waals surface area contributed by atoms with Gasteiger partial charge in [-0.25, -0.2) is 0 Å². The molecule has 1 aromatic rings. The Kier molecular flexibility index (Phi) is 8.92. The van der Waals surface area contributed by atoms with Crippen molar-refractivity contribution in [2.45, 2.75) is 91.6 Å². The summed E-state index contributed by atoms with van der Waals surface area (Å²) in [4.78, 5) is 4.76. The Morgan fingerprint density at radius 3 is 2.77 bits per heavy atom. The van der Waals surface area contributed by atoms with Crippen molar-refractivity contribution in [1.82, 2.24) is 25.4 Å². The topological polar surface area (TPSA) is 67.1 Å². The SMILES string of the molecule is CCNC(=NCCc1nnc2n1CCCCC2)NC(C)CCCC(C)C. The molecule has 6 heteroatoms. The van der Waals surface area contributed by atoms with E-state index in [1.807, 2.05) is 0 Å². The predicted octanol–water partition coefficient (Wildman–Crippen LogP) is 3.32. The number of aromatic nitrogens is 3. The highest BCUT2D eigenvalue weighted by Crippen LogP contribution is 2.14. The zero-order chi connectivity index (χ0) is 18.8. The standard InChI is InChI=1S/C20H38N6/c1-5-21-20(23-17(4)11-9-10-16(2)3)22-14-13-19-25-24-18-12-7-6-8-15-26(18)19/h16-17H,5-15H2,1-4H3,(H2,21,22,23). The van der Waals surface area contributed by atoms with Crippen LogP contribution in [0.4, 0.5) is 0 Å².